The summed E-state index contributed by atoms with van der Waals surface area (Å²) in [7, 11) is 0. The molecule has 3 heterocycles. The van der Waals surface area contributed by atoms with Gasteiger partial charge in [-0.05, 0) is 84.4 Å². The van der Waals surface area contributed by atoms with Gasteiger partial charge in [-0.25, -0.2) is 0 Å². The van der Waals surface area contributed by atoms with Crippen molar-refractivity contribution >= 4 is 33.3 Å². The van der Waals surface area contributed by atoms with E-state index in [0.29, 0.717) is 23.7 Å². The smallest absolute Gasteiger partial charge is 0.153 e. The van der Waals surface area contributed by atoms with Gasteiger partial charge in [0.05, 0.1) is 11.6 Å². The Morgan fingerprint density at radius 2 is 1.86 bits per heavy atom. The number of aromatic nitrogens is 3. The van der Waals surface area contributed by atoms with Crippen LogP contribution in [0.15, 0.2) is 42.6 Å². The predicted octanol–water partition coefficient (Wildman–Crippen LogP) is 4.92. The minimum atomic E-state index is 0.336. The summed E-state index contributed by atoms with van der Waals surface area (Å²) in [6.07, 6.45) is 6.21. The number of benzene rings is 2. The van der Waals surface area contributed by atoms with Gasteiger partial charge in [-0.2, -0.15) is 5.10 Å². The van der Waals surface area contributed by atoms with Crippen molar-refractivity contribution in [3.8, 4) is 0 Å². The summed E-state index contributed by atoms with van der Waals surface area (Å²) in [6.45, 7) is 0. The van der Waals surface area contributed by atoms with Gasteiger partial charge in [0, 0.05) is 28.2 Å². The lowest BCUT2D eigenvalue weighted by atomic mass is 9.67. The largest absolute Gasteiger partial charge is 0.382 e. The van der Waals surface area contributed by atoms with E-state index in [4.69, 9.17) is 5.73 Å². The number of nitrogen functional groups attached to an aromatic ring is 1. The molecule has 0 spiro atoms. The Balaban J connectivity index is 1.44. The van der Waals surface area contributed by atoms with Crippen LogP contribution >= 0.6 is 0 Å². The summed E-state index contributed by atoms with van der Waals surface area (Å²) in [6, 6.07) is 13.7. The Labute approximate surface area is 162 Å². The summed E-state index contributed by atoms with van der Waals surface area (Å²) in [4.78, 5) is 3.41. The lowest BCUT2D eigenvalue weighted by molar-refractivity contribution is 0.249. The van der Waals surface area contributed by atoms with Gasteiger partial charge in [-0.3, -0.25) is 5.10 Å². The average molecular weight is 369 g/mol. The van der Waals surface area contributed by atoms with Crippen molar-refractivity contribution in [2.75, 3.05) is 11.1 Å². The van der Waals surface area contributed by atoms with Crippen LogP contribution in [-0.2, 0) is 0 Å². The normalized spacial score (nSPS) is 30.5. The molecule has 2 bridgehead atoms. The zero-order valence-corrected chi connectivity index (χ0v) is 15.6. The molecule has 5 atom stereocenters. The topological polar surface area (TPSA) is 82.5 Å². The summed E-state index contributed by atoms with van der Waals surface area (Å²) < 4.78 is 0. The highest BCUT2D eigenvalue weighted by molar-refractivity contribution is 5.91. The molecule has 0 saturated heterocycles. The summed E-state index contributed by atoms with van der Waals surface area (Å²) >= 11 is 0. The fraction of sp³-hybridized carbons (Fsp3) is 0.348. The predicted molar refractivity (Wildman–Crippen MR) is 112 cm³/mol. The van der Waals surface area contributed by atoms with Crippen molar-refractivity contribution in [2.45, 2.75) is 31.2 Å². The fourth-order valence-electron chi connectivity index (χ4n) is 6.70. The third-order valence-corrected chi connectivity index (χ3v) is 7.76. The molecular weight excluding hydrogens is 346 g/mol. The first-order valence-corrected chi connectivity index (χ1v) is 10.4. The standard InChI is InChI=1S/C23H23N5/c24-23-15-10-13(3-4-17(15)27-28-23)22-20-12-2-1-11(9-12)19(20)21-14-7-8-25-16(14)5-6-18(21)26-22/h3-8,10-12,19-20,22,25-26H,1-2,9H2,(H3,24,27,28)/t11-,12+,19+,20-,22+/m1/s1. The maximum atomic E-state index is 6.10. The summed E-state index contributed by atoms with van der Waals surface area (Å²) in [5, 5.41) is 13.6. The number of nitrogens with zero attached hydrogens (tertiary/aromatic N) is 1. The number of hydrogen-bond acceptors (Lipinski definition) is 3. The van der Waals surface area contributed by atoms with Gasteiger partial charge >= 0.3 is 0 Å². The van der Waals surface area contributed by atoms with E-state index in [-0.39, 0.29) is 0 Å². The third-order valence-electron chi connectivity index (χ3n) is 7.76. The number of nitrogens with one attached hydrogen (secondary N) is 3. The third kappa shape index (κ3) is 1.79. The SMILES string of the molecule is Nc1n[nH]c2ccc([C@@H]3Nc4ccc5[nH]ccc5c4[C@H]4[C@@H]5CC[C@@H](C5)[C@H]43)cc12. The first-order chi connectivity index (χ1) is 13.8. The molecule has 0 unspecified atom stereocenters. The average Bonchev–Trinajstić information content (AvgIpc) is 3.51. The first-order valence-electron chi connectivity index (χ1n) is 10.4. The molecule has 2 aliphatic carbocycles. The zero-order valence-electron chi connectivity index (χ0n) is 15.6. The molecular formula is C23H23N5. The molecule has 28 heavy (non-hydrogen) atoms. The quantitative estimate of drug-likeness (QED) is 0.384. The summed E-state index contributed by atoms with van der Waals surface area (Å²) in [5.74, 6) is 3.52. The van der Waals surface area contributed by atoms with Gasteiger partial charge in [-0.1, -0.05) is 6.07 Å². The van der Waals surface area contributed by atoms with Crippen molar-refractivity contribution in [1.82, 2.24) is 15.2 Å². The van der Waals surface area contributed by atoms with Crippen molar-refractivity contribution < 1.29 is 0 Å². The number of aromatic amines is 2. The van der Waals surface area contributed by atoms with Crippen molar-refractivity contribution in [3.63, 3.8) is 0 Å². The lowest BCUT2D eigenvalue weighted by Crippen LogP contribution is -2.35. The van der Waals surface area contributed by atoms with Gasteiger partial charge in [-0.15, -0.1) is 0 Å². The van der Waals surface area contributed by atoms with Crippen molar-refractivity contribution in [1.29, 1.82) is 0 Å². The monoisotopic (exact) mass is 369 g/mol. The maximum Gasteiger partial charge on any atom is 0.153 e. The molecule has 0 amide bonds. The van der Waals surface area contributed by atoms with Crippen LogP contribution in [0.5, 0.6) is 0 Å². The number of anilines is 2. The van der Waals surface area contributed by atoms with Crippen molar-refractivity contribution in [2.24, 2.45) is 17.8 Å². The Kier molecular flexibility index (Phi) is 2.74. The molecule has 1 aliphatic heterocycles. The molecule has 2 saturated carbocycles. The van der Waals surface area contributed by atoms with Crippen LogP contribution in [0.1, 0.15) is 42.3 Å². The minimum absolute atomic E-state index is 0.336. The van der Waals surface area contributed by atoms with E-state index >= 15 is 0 Å². The Morgan fingerprint density at radius 3 is 2.82 bits per heavy atom. The Bertz CT molecular complexity index is 1230. The maximum absolute atomic E-state index is 6.10. The molecule has 2 aromatic carbocycles. The number of rotatable bonds is 1. The van der Waals surface area contributed by atoms with Crippen LogP contribution in [0.4, 0.5) is 11.5 Å². The molecule has 4 aromatic rings. The number of fused-ring (bicyclic) bond motifs is 10. The van der Waals surface area contributed by atoms with E-state index in [9.17, 15) is 0 Å². The lowest BCUT2D eigenvalue weighted by Gasteiger charge is -2.44. The van der Waals surface area contributed by atoms with Crippen LogP contribution in [0, 0.1) is 17.8 Å². The van der Waals surface area contributed by atoms with Crippen LogP contribution in [-0.4, -0.2) is 15.2 Å². The second kappa shape index (κ2) is 5.10. The Hall–Kier alpha value is -2.95. The molecule has 2 aromatic heterocycles. The highest BCUT2D eigenvalue weighted by Gasteiger charge is 2.54. The Morgan fingerprint density at radius 1 is 0.964 bits per heavy atom. The van der Waals surface area contributed by atoms with E-state index < -0.39 is 0 Å². The molecule has 3 aliphatic rings. The van der Waals surface area contributed by atoms with Gasteiger partial charge in [0.1, 0.15) is 0 Å². The molecule has 5 nitrogen and oxygen atoms in total. The molecule has 7 rings (SSSR count). The number of H-pyrrole nitrogens is 2. The van der Waals surface area contributed by atoms with Gasteiger partial charge in [0.25, 0.3) is 0 Å². The van der Waals surface area contributed by atoms with E-state index in [1.165, 1.54) is 41.4 Å². The van der Waals surface area contributed by atoms with Crippen LogP contribution in [0.2, 0.25) is 0 Å². The van der Waals surface area contributed by atoms with E-state index in [1.807, 2.05) is 0 Å². The highest BCUT2D eigenvalue weighted by atomic mass is 15.1. The van der Waals surface area contributed by atoms with Crippen LogP contribution in [0.3, 0.4) is 0 Å². The highest BCUT2D eigenvalue weighted by Crippen LogP contribution is 2.64. The van der Waals surface area contributed by atoms with E-state index in [0.717, 1.165) is 22.7 Å². The fourth-order valence-corrected chi connectivity index (χ4v) is 6.70. The number of hydrogen-bond donors (Lipinski definition) is 4. The second-order valence-corrected chi connectivity index (χ2v) is 8.94. The molecule has 5 heteroatoms. The van der Waals surface area contributed by atoms with E-state index in [1.54, 1.807) is 5.56 Å². The molecule has 140 valence electrons. The van der Waals surface area contributed by atoms with Crippen LogP contribution < -0.4 is 11.1 Å². The van der Waals surface area contributed by atoms with Crippen LogP contribution in [0.25, 0.3) is 21.8 Å². The molecule has 0 radical (unpaired) electrons. The second-order valence-electron chi connectivity index (χ2n) is 8.94. The zero-order chi connectivity index (χ0) is 18.4. The van der Waals surface area contributed by atoms with Gasteiger partial charge in [0.15, 0.2) is 5.82 Å². The molecule has 5 N–H and O–H groups in total. The first kappa shape index (κ1) is 15.0. The van der Waals surface area contributed by atoms with Crippen molar-refractivity contribution in [3.05, 3.63) is 53.7 Å². The number of nitrogens with two attached hydrogens (primary N) is 1. The summed E-state index contributed by atoms with van der Waals surface area (Å²) in [5.41, 5.74) is 12.6. The molecule has 2 fully saturated rings. The minimum Gasteiger partial charge on any atom is -0.382 e. The van der Waals surface area contributed by atoms with Gasteiger partial charge < -0.3 is 16.0 Å². The van der Waals surface area contributed by atoms with Gasteiger partial charge in [0.2, 0.25) is 0 Å². The van der Waals surface area contributed by atoms with E-state index in [2.05, 4.69) is 63.1 Å².